The molecule has 5 rings (SSSR count). The van der Waals surface area contributed by atoms with E-state index in [0.717, 1.165) is 11.3 Å². The number of hydrogen-bond acceptors (Lipinski definition) is 10. The molecule has 0 N–H and O–H groups in total. The van der Waals surface area contributed by atoms with Crippen LogP contribution in [0.5, 0.6) is 11.6 Å². The Bertz CT molecular complexity index is 1500. The molecular weight excluding hydrogens is 476 g/mol. The molecule has 13 nitrogen and oxygen atoms in total. The van der Waals surface area contributed by atoms with Crippen molar-refractivity contribution in [3.63, 3.8) is 0 Å². The van der Waals surface area contributed by atoms with Crippen LogP contribution in [0.15, 0.2) is 28.8 Å². The average Bonchev–Trinajstić information content (AvgIpc) is 3.46. The lowest BCUT2D eigenvalue weighted by Gasteiger charge is -2.29. The second kappa shape index (κ2) is 8.87. The van der Waals surface area contributed by atoms with E-state index in [1.165, 1.54) is 34.3 Å². The molecule has 35 heavy (non-hydrogen) atoms. The molecule has 0 radical (unpaired) electrons. The molecule has 1 aliphatic heterocycles. The summed E-state index contributed by atoms with van der Waals surface area (Å²) in [6, 6.07) is 7.12. The van der Waals surface area contributed by atoms with Crippen LogP contribution in [0.3, 0.4) is 0 Å². The maximum atomic E-state index is 12.4. The third-order valence-electron chi connectivity index (χ3n) is 5.62. The van der Waals surface area contributed by atoms with E-state index in [1.54, 1.807) is 19.1 Å². The van der Waals surface area contributed by atoms with E-state index in [0.29, 0.717) is 47.3 Å². The molecular formula is C21H24N8O5S. The van der Waals surface area contributed by atoms with Gasteiger partial charge in [-0.1, -0.05) is 11.2 Å². The highest BCUT2D eigenvalue weighted by Crippen LogP contribution is 2.28. The minimum Gasteiger partial charge on any atom is -0.491 e. The Kier molecular flexibility index (Phi) is 5.86. The summed E-state index contributed by atoms with van der Waals surface area (Å²) in [5.74, 6) is 1.69. The predicted octanol–water partition coefficient (Wildman–Crippen LogP) is 1.23. The molecule has 0 fully saturated rings. The maximum Gasteiger partial charge on any atom is 0.281 e. The monoisotopic (exact) mass is 500 g/mol. The number of pyridine rings is 1. The van der Waals surface area contributed by atoms with Crippen LogP contribution < -0.4 is 9.47 Å². The topological polar surface area (TPSA) is 141 Å². The fraction of sp³-hybridized carbons (Fsp3) is 0.381. The molecule has 5 heterocycles. The minimum absolute atomic E-state index is 0.141. The van der Waals surface area contributed by atoms with Crippen LogP contribution >= 0.6 is 0 Å². The highest BCUT2D eigenvalue weighted by molar-refractivity contribution is 7.86. The molecule has 0 unspecified atom stereocenters. The third kappa shape index (κ3) is 4.31. The number of methoxy groups -OCH3 is 1. The Hall–Kier alpha value is -3.62. The molecule has 0 amide bonds. The molecule has 1 aliphatic rings. The molecule has 0 aromatic carbocycles. The summed E-state index contributed by atoms with van der Waals surface area (Å²) in [6.45, 7) is 2.58. The molecule has 0 atom stereocenters. The Morgan fingerprint density at radius 2 is 2.03 bits per heavy atom. The number of aromatic nitrogens is 6. The highest BCUT2D eigenvalue weighted by atomic mass is 32.2. The van der Waals surface area contributed by atoms with Gasteiger partial charge in [-0.25, -0.2) is 0 Å². The zero-order valence-electron chi connectivity index (χ0n) is 19.7. The number of rotatable bonds is 7. The van der Waals surface area contributed by atoms with Crippen molar-refractivity contribution in [3.05, 3.63) is 47.0 Å². The fourth-order valence-corrected chi connectivity index (χ4v) is 4.85. The van der Waals surface area contributed by atoms with Crippen molar-refractivity contribution in [1.82, 2.24) is 38.6 Å². The van der Waals surface area contributed by atoms with Gasteiger partial charge < -0.3 is 14.0 Å². The van der Waals surface area contributed by atoms with Crippen LogP contribution in [-0.4, -0.2) is 74.7 Å². The van der Waals surface area contributed by atoms with Gasteiger partial charge >= 0.3 is 0 Å². The Labute approximate surface area is 201 Å². The summed E-state index contributed by atoms with van der Waals surface area (Å²) in [7, 11) is 1.10. The molecule has 0 spiro atoms. The lowest BCUT2D eigenvalue weighted by molar-refractivity contribution is 0.263. The summed E-state index contributed by atoms with van der Waals surface area (Å²) in [5, 5.41) is 16.8. The van der Waals surface area contributed by atoms with Crippen molar-refractivity contribution in [2.75, 3.05) is 27.7 Å². The largest absolute Gasteiger partial charge is 0.491 e. The first kappa shape index (κ1) is 23.1. The van der Waals surface area contributed by atoms with Crippen molar-refractivity contribution in [2.45, 2.75) is 26.5 Å². The predicted molar refractivity (Wildman–Crippen MR) is 123 cm³/mol. The Morgan fingerprint density at radius 1 is 1.20 bits per heavy atom. The first-order valence-electron chi connectivity index (χ1n) is 10.8. The number of hydrogen-bond donors (Lipinski definition) is 0. The maximum absolute atomic E-state index is 12.4. The molecule has 0 saturated heterocycles. The van der Waals surface area contributed by atoms with Gasteiger partial charge in [0.1, 0.15) is 12.4 Å². The summed E-state index contributed by atoms with van der Waals surface area (Å²) < 4.78 is 45.6. The van der Waals surface area contributed by atoms with E-state index < -0.39 is 10.2 Å². The lowest BCUT2D eigenvalue weighted by atomic mass is 10.1. The third-order valence-corrected chi connectivity index (χ3v) is 7.51. The zero-order chi connectivity index (χ0) is 24.7. The van der Waals surface area contributed by atoms with Crippen molar-refractivity contribution in [1.29, 1.82) is 0 Å². The van der Waals surface area contributed by atoms with E-state index in [-0.39, 0.29) is 19.0 Å². The number of fused-ring (bicyclic) bond motifs is 2. The van der Waals surface area contributed by atoms with Gasteiger partial charge in [0, 0.05) is 51.4 Å². The van der Waals surface area contributed by atoms with E-state index in [1.807, 2.05) is 12.1 Å². The van der Waals surface area contributed by atoms with E-state index in [9.17, 15) is 8.42 Å². The van der Waals surface area contributed by atoms with Crippen molar-refractivity contribution in [2.24, 2.45) is 0 Å². The molecule has 0 aliphatic carbocycles. The first-order chi connectivity index (χ1) is 16.8. The summed E-state index contributed by atoms with van der Waals surface area (Å²) in [5.41, 5.74) is 3.38. The van der Waals surface area contributed by atoms with Gasteiger partial charge in [0.25, 0.3) is 16.1 Å². The Balaban J connectivity index is 1.37. The van der Waals surface area contributed by atoms with Gasteiger partial charge in [-0.15, -0.1) is 15.3 Å². The second-order valence-electron chi connectivity index (χ2n) is 8.21. The summed E-state index contributed by atoms with van der Waals surface area (Å²) >= 11 is 0. The van der Waals surface area contributed by atoms with Crippen LogP contribution in [0.2, 0.25) is 0 Å². The van der Waals surface area contributed by atoms with Gasteiger partial charge in [0.15, 0.2) is 17.1 Å². The Morgan fingerprint density at radius 3 is 2.74 bits per heavy atom. The van der Waals surface area contributed by atoms with Crippen LogP contribution in [0.4, 0.5) is 0 Å². The lowest BCUT2D eigenvalue weighted by Crippen LogP contribution is -2.43. The SMILES string of the molecule is COc1cc2nnc(-c3cc(C)on3)n2nc1OCc1ccc2c(n1)CCN(S(=O)(=O)N(C)C)C2. The number of nitrogens with zero attached hydrogens (tertiary/aromatic N) is 8. The zero-order valence-corrected chi connectivity index (χ0v) is 20.5. The van der Waals surface area contributed by atoms with Gasteiger partial charge in [0.05, 0.1) is 12.8 Å². The van der Waals surface area contributed by atoms with Crippen LogP contribution in [-0.2, 0) is 29.8 Å². The molecule has 184 valence electrons. The quantitative estimate of drug-likeness (QED) is 0.364. The molecule has 4 aromatic heterocycles. The number of aryl methyl sites for hydroxylation is 1. The summed E-state index contributed by atoms with van der Waals surface area (Å²) in [6.07, 6.45) is 0.519. The van der Waals surface area contributed by atoms with Crippen LogP contribution in [0.1, 0.15) is 22.7 Å². The van der Waals surface area contributed by atoms with Crippen LogP contribution in [0.25, 0.3) is 17.2 Å². The number of ether oxygens (including phenoxy) is 2. The van der Waals surface area contributed by atoms with E-state index in [4.69, 9.17) is 14.0 Å². The normalized spacial score (nSPS) is 14.4. The van der Waals surface area contributed by atoms with E-state index in [2.05, 4.69) is 25.4 Å². The molecule has 14 heteroatoms. The second-order valence-corrected chi connectivity index (χ2v) is 10.3. The van der Waals surface area contributed by atoms with Gasteiger partial charge in [0.2, 0.25) is 5.82 Å². The summed E-state index contributed by atoms with van der Waals surface area (Å²) in [4.78, 5) is 4.68. The highest BCUT2D eigenvalue weighted by Gasteiger charge is 2.29. The van der Waals surface area contributed by atoms with Crippen molar-refractivity contribution in [3.8, 4) is 23.1 Å². The average molecular weight is 501 g/mol. The fourth-order valence-electron chi connectivity index (χ4n) is 3.76. The molecule has 0 bridgehead atoms. The molecule has 0 saturated carbocycles. The van der Waals surface area contributed by atoms with Gasteiger partial charge in [-0.2, -0.15) is 21.5 Å². The van der Waals surface area contributed by atoms with Gasteiger partial charge in [-0.3, -0.25) is 4.98 Å². The standard InChI is InChI=1S/C21H24N8O5S/c1-13-9-17(26-34-13)20-24-23-19-10-18(32-4)21(25-29(19)20)33-12-15-6-5-14-11-28(8-7-16(14)22-15)35(30,31)27(2)3/h5-6,9-10H,7-8,11-12H2,1-4H3. The van der Waals surface area contributed by atoms with Crippen molar-refractivity contribution < 1.29 is 22.4 Å². The van der Waals surface area contributed by atoms with Crippen LogP contribution in [0, 0.1) is 6.92 Å². The smallest absolute Gasteiger partial charge is 0.281 e. The minimum atomic E-state index is -3.47. The van der Waals surface area contributed by atoms with Crippen molar-refractivity contribution >= 4 is 15.9 Å². The molecule has 4 aromatic rings. The first-order valence-corrected chi connectivity index (χ1v) is 12.2. The van der Waals surface area contributed by atoms with E-state index >= 15 is 0 Å². The van der Waals surface area contributed by atoms with Gasteiger partial charge in [-0.05, 0) is 18.6 Å².